The van der Waals surface area contributed by atoms with E-state index in [2.05, 4.69) is 21.4 Å². The minimum Gasteiger partial charge on any atom is -0.453 e. The fourth-order valence-corrected chi connectivity index (χ4v) is 4.49. The number of hydrogen-bond donors (Lipinski definition) is 2. The molecule has 2 saturated carbocycles. The zero-order chi connectivity index (χ0) is 15.2. The van der Waals surface area contributed by atoms with E-state index >= 15 is 0 Å². The highest BCUT2D eigenvalue weighted by Gasteiger charge is 2.66. The Labute approximate surface area is 130 Å². The van der Waals surface area contributed by atoms with Crippen molar-refractivity contribution in [2.75, 3.05) is 24.4 Å². The van der Waals surface area contributed by atoms with E-state index < -0.39 is 6.09 Å². The Morgan fingerprint density at radius 1 is 1.36 bits per heavy atom. The highest BCUT2D eigenvalue weighted by Crippen LogP contribution is 2.63. The van der Waals surface area contributed by atoms with Crippen LogP contribution in [-0.4, -0.2) is 32.0 Å². The number of methoxy groups -OCH3 is 1. The summed E-state index contributed by atoms with van der Waals surface area (Å²) in [6.07, 6.45) is 5.03. The van der Waals surface area contributed by atoms with Crippen LogP contribution in [0.5, 0.6) is 0 Å². The maximum Gasteiger partial charge on any atom is 0.411 e. The van der Waals surface area contributed by atoms with Gasteiger partial charge < -0.3 is 14.8 Å². The molecule has 1 heterocycles. The molecule has 5 nitrogen and oxygen atoms in total. The first-order valence-electron chi connectivity index (χ1n) is 8.06. The highest BCUT2D eigenvalue weighted by molar-refractivity contribution is 5.85. The van der Waals surface area contributed by atoms with Crippen molar-refractivity contribution < 1.29 is 14.3 Å². The van der Waals surface area contributed by atoms with E-state index in [0.29, 0.717) is 23.5 Å². The molecule has 5 heteroatoms. The topological polar surface area (TPSA) is 59.6 Å². The Balaban J connectivity index is 1.49. The lowest BCUT2D eigenvalue weighted by Crippen LogP contribution is -2.68. The normalized spacial score (nSPS) is 30.9. The molecule has 3 fully saturated rings. The average molecular weight is 302 g/mol. The molecule has 1 spiro atoms. The van der Waals surface area contributed by atoms with E-state index in [0.717, 1.165) is 24.4 Å². The van der Waals surface area contributed by atoms with Gasteiger partial charge in [0.2, 0.25) is 0 Å². The molecule has 1 aromatic carbocycles. The van der Waals surface area contributed by atoms with E-state index in [1.807, 2.05) is 18.2 Å². The van der Waals surface area contributed by atoms with Gasteiger partial charge in [0.25, 0.3) is 0 Å². The zero-order valence-electron chi connectivity index (χ0n) is 12.8. The number of rotatable bonds is 3. The molecule has 3 atom stereocenters. The number of carbonyl (C=O) groups is 1. The predicted octanol–water partition coefficient (Wildman–Crippen LogP) is 3.23. The second kappa shape index (κ2) is 5.16. The molecule has 0 radical (unpaired) electrons. The summed E-state index contributed by atoms with van der Waals surface area (Å²) in [6.45, 7) is 0.902. The molecule has 0 unspecified atom stereocenters. The third-order valence-electron chi connectivity index (χ3n) is 5.65. The quantitative estimate of drug-likeness (QED) is 0.900. The monoisotopic (exact) mass is 302 g/mol. The summed E-state index contributed by atoms with van der Waals surface area (Å²) < 4.78 is 10.6. The Hall–Kier alpha value is -1.75. The SMILES string of the molecule is COC(=O)Nc1cccc(N[C@@H]2[C@H]3CCO[C@@H]3C23CCC3)c1. The van der Waals surface area contributed by atoms with Gasteiger partial charge in [-0.2, -0.15) is 0 Å². The number of amides is 1. The molecule has 0 bridgehead atoms. The number of benzene rings is 1. The first-order chi connectivity index (χ1) is 10.7. The van der Waals surface area contributed by atoms with E-state index in [4.69, 9.17) is 4.74 Å². The Morgan fingerprint density at radius 3 is 2.91 bits per heavy atom. The van der Waals surface area contributed by atoms with Crippen LogP contribution in [0.3, 0.4) is 0 Å². The third kappa shape index (κ3) is 1.99. The van der Waals surface area contributed by atoms with Gasteiger partial charge in [0, 0.05) is 35.4 Å². The molecule has 1 aromatic rings. The number of anilines is 2. The molecule has 118 valence electrons. The van der Waals surface area contributed by atoms with Crippen LogP contribution in [0.4, 0.5) is 16.2 Å². The number of fused-ring (bicyclic) bond motifs is 2. The van der Waals surface area contributed by atoms with Crippen molar-refractivity contribution in [1.29, 1.82) is 0 Å². The maximum absolute atomic E-state index is 11.3. The smallest absolute Gasteiger partial charge is 0.411 e. The fourth-order valence-electron chi connectivity index (χ4n) is 4.49. The summed E-state index contributed by atoms with van der Waals surface area (Å²) in [5.74, 6) is 0.637. The lowest BCUT2D eigenvalue weighted by Gasteiger charge is -2.63. The number of nitrogens with one attached hydrogen (secondary N) is 2. The number of ether oxygens (including phenoxy) is 2. The van der Waals surface area contributed by atoms with Crippen molar-refractivity contribution in [2.24, 2.45) is 11.3 Å². The standard InChI is InChI=1S/C17H22N2O3/c1-21-16(20)19-12-5-2-4-11(10-12)18-14-13-6-9-22-15(13)17(14)7-3-8-17/h2,4-5,10,13-15,18H,3,6-9H2,1H3,(H,19,20)/t13-,14-,15+/m1/s1. The predicted molar refractivity (Wildman–Crippen MR) is 84.0 cm³/mol. The van der Waals surface area contributed by atoms with Crippen molar-refractivity contribution in [3.05, 3.63) is 24.3 Å². The highest BCUT2D eigenvalue weighted by atomic mass is 16.5. The van der Waals surface area contributed by atoms with Crippen LogP contribution in [-0.2, 0) is 9.47 Å². The van der Waals surface area contributed by atoms with E-state index in [1.54, 1.807) is 0 Å². The van der Waals surface area contributed by atoms with E-state index in [9.17, 15) is 4.79 Å². The van der Waals surface area contributed by atoms with Gasteiger partial charge in [-0.15, -0.1) is 0 Å². The lowest BCUT2D eigenvalue weighted by molar-refractivity contribution is -0.158. The summed E-state index contributed by atoms with van der Waals surface area (Å²) in [4.78, 5) is 11.3. The van der Waals surface area contributed by atoms with Gasteiger partial charge in [-0.3, -0.25) is 5.32 Å². The Morgan fingerprint density at radius 2 is 2.18 bits per heavy atom. The summed E-state index contributed by atoms with van der Waals surface area (Å²) in [5, 5.41) is 6.41. The summed E-state index contributed by atoms with van der Waals surface area (Å²) >= 11 is 0. The summed E-state index contributed by atoms with van der Waals surface area (Å²) in [5.41, 5.74) is 2.15. The Kier molecular flexibility index (Phi) is 3.26. The fraction of sp³-hybridized carbons (Fsp3) is 0.588. The molecule has 2 N–H and O–H groups in total. The maximum atomic E-state index is 11.3. The minimum atomic E-state index is -0.444. The Bertz CT molecular complexity index is 585. The van der Waals surface area contributed by atoms with Crippen molar-refractivity contribution in [3.63, 3.8) is 0 Å². The molecule has 1 aliphatic heterocycles. The van der Waals surface area contributed by atoms with Crippen LogP contribution in [0, 0.1) is 11.3 Å². The van der Waals surface area contributed by atoms with Crippen LogP contribution in [0.1, 0.15) is 25.7 Å². The lowest BCUT2D eigenvalue weighted by atomic mass is 9.46. The first kappa shape index (κ1) is 13.9. The molecule has 3 aliphatic rings. The second-order valence-corrected chi connectivity index (χ2v) is 6.65. The molecule has 1 saturated heterocycles. The molecule has 1 amide bonds. The summed E-state index contributed by atoms with van der Waals surface area (Å²) in [7, 11) is 1.37. The second-order valence-electron chi connectivity index (χ2n) is 6.65. The number of hydrogen-bond acceptors (Lipinski definition) is 4. The van der Waals surface area contributed by atoms with Crippen LogP contribution >= 0.6 is 0 Å². The average Bonchev–Trinajstić information content (AvgIpc) is 2.89. The van der Waals surface area contributed by atoms with Gasteiger partial charge in [0.05, 0.1) is 13.2 Å². The van der Waals surface area contributed by atoms with Crippen molar-refractivity contribution in [2.45, 2.75) is 37.8 Å². The van der Waals surface area contributed by atoms with Gasteiger partial charge in [-0.05, 0) is 37.5 Å². The van der Waals surface area contributed by atoms with Crippen LogP contribution < -0.4 is 10.6 Å². The van der Waals surface area contributed by atoms with Gasteiger partial charge in [-0.1, -0.05) is 12.5 Å². The largest absolute Gasteiger partial charge is 0.453 e. The van der Waals surface area contributed by atoms with Crippen molar-refractivity contribution in [1.82, 2.24) is 0 Å². The third-order valence-corrected chi connectivity index (χ3v) is 5.65. The van der Waals surface area contributed by atoms with Crippen molar-refractivity contribution >= 4 is 17.5 Å². The molecule has 22 heavy (non-hydrogen) atoms. The van der Waals surface area contributed by atoms with Crippen LogP contribution in [0.2, 0.25) is 0 Å². The van der Waals surface area contributed by atoms with Crippen LogP contribution in [0.25, 0.3) is 0 Å². The number of carbonyl (C=O) groups excluding carboxylic acids is 1. The molecule has 4 rings (SSSR count). The minimum absolute atomic E-state index is 0.354. The molecule has 2 aliphatic carbocycles. The van der Waals surface area contributed by atoms with E-state index in [1.165, 1.54) is 26.4 Å². The van der Waals surface area contributed by atoms with Gasteiger partial charge in [-0.25, -0.2) is 4.79 Å². The van der Waals surface area contributed by atoms with Gasteiger partial charge in [0.1, 0.15) is 0 Å². The molecule has 0 aromatic heterocycles. The molecular formula is C17H22N2O3. The zero-order valence-corrected chi connectivity index (χ0v) is 12.8. The summed E-state index contributed by atoms with van der Waals surface area (Å²) in [6, 6.07) is 8.33. The van der Waals surface area contributed by atoms with Gasteiger partial charge >= 0.3 is 6.09 Å². The van der Waals surface area contributed by atoms with Gasteiger partial charge in [0.15, 0.2) is 0 Å². The molecular weight excluding hydrogens is 280 g/mol. The van der Waals surface area contributed by atoms with Crippen LogP contribution in [0.15, 0.2) is 24.3 Å². The first-order valence-corrected chi connectivity index (χ1v) is 8.06. The van der Waals surface area contributed by atoms with Crippen molar-refractivity contribution in [3.8, 4) is 0 Å². The van der Waals surface area contributed by atoms with E-state index in [-0.39, 0.29) is 0 Å².